The molecule has 3 unspecified atom stereocenters. The smallest absolute Gasteiger partial charge is 0.190 e. The van der Waals surface area contributed by atoms with Gasteiger partial charge in [-0.2, -0.15) is 6.07 Å². The number of rotatable bonds is 2. The van der Waals surface area contributed by atoms with Crippen molar-refractivity contribution >= 4 is 5.69 Å². The van der Waals surface area contributed by atoms with Crippen molar-refractivity contribution in [2.45, 2.75) is 76.7 Å². The maximum atomic E-state index is 12.0. The summed E-state index contributed by atoms with van der Waals surface area (Å²) in [5.74, 6) is 1.79. The van der Waals surface area contributed by atoms with Crippen LogP contribution in [0.3, 0.4) is 0 Å². The monoisotopic (exact) mass is 488 g/mol. The average molecular weight is 488 g/mol. The Morgan fingerprint density at radius 1 is 1.23 bits per heavy atom. The van der Waals surface area contributed by atoms with E-state index in [1.807, 2.05) is 18.3 Å². The Kier molecular flexibility index (Phi) is 6.48. The minimum atomic E-state index is -0.664. The minimum Gasteiger partial charge on any atom is -0.389 e. The molecule has 1 aromatic heterocycles. The molecule has 0 bridgehead atoms. The van der Waals surface area contributed by atoms with Crippen molar-refractivity contribution < 1.29 is 37.8 Å². The van der Waals surface area contributed by atoms with Crippen LogP contribution in [0, 0.1) is 36.8 Å². The molecule has 5 rings (SSSR count). The molecule has 2 fully saturated rings. The summed E-state index contributed by atoms with van der Waals surface area (Å²) < 4.78 is 0. The first-order valence-corrected chi connectivity index (χ1v) is 11.5. The van der Waals surface area contributed by atoms with Gasteiger partial charge in [0, 0.05) is 32.7 Å². The molecule has 0 saturated heterocycles. The van der Waals surface area contributed by atoms with E-state index in [0.717, 1.165) is 43.4 Å². The fraction of sp³-hybridized carbons (Fsp3) is 0.556. The third kappa shape index (κ3) is 3.64. The van der Waals surface area contributed by atoms with Gasteiger partial charge in [-0.15, -0.1) is 0 Å². The van der Waals surface area contributed by atoms with Crippen LogP contribution >= 0.6 is 0 Å². The summed E-state index contributed by atoms with van der Waals surface area (Å²) in [5.41, 5.74) is 5.31. The molecule has 3 aliphatic carbocycles. The second-order valence-electron chi connectivity index (χ2n) is 10.1. The number of aromatic nitrogens is 1. The zero-order valence-corrected chi connectivity index (χ0v) is 21.5. The van der Waals surface area contributed by atoms with Gasteiger partial charge < -0.3 is 10.1 Å². The van der Waals surface area contributed by atoms with Gasteiger partial charge in [0.25, 0.3) is 0 Å². The maximum Gasteiger partial charge on any atom is 0.190 e. The van der Waals surface area contributed by atoms with Crippen molar-refractivity contribution in [1.82, 2.24) is 4.98 Å². The summed E-state index contributed by atoms with van der Waals surface area (Å²) >= 11 is 0. The van der Waals surface area contributed by atoms with E-state index in [-0.39, 0.29) is 38.1 Å². The largest absolute Gasteiger partial charge is 0.389 e. The molecule has 3 nitrogen and oxygen atoms in total. The Bertz CT molecular complexity index is 1000. The predicted molar refractivity (Wildman–Crippen MR) is 118 cm³/mol. The normalized spacial score (nSPS) is 33.8. The van der Waals surface area contributed by atoms with E-state index in [0.29, 0.717) is 24.2 Å². The molecule has 3 aliphatic rings. The third-order valence-electron chi connectivity index (χ3n) is 9.02. The number of fused-ring (bicyclic) bond motifs is 5. The maximum absolute atomic E-state index is 12.0. The van der Waals surface area contributed by atoms with Crippen LogP contribution in [0.15, 0.2) is 30.6 Å². The molecule has 0 amide bonds. The number of benzene rings is 1. The zero-order chi connectivity index (χ0) is 20.9. The van der Waals surface area contributed by atoms with Crippen LogP contribution < -0.4 is 0 Å². The fourth-order valence-electron chi connectivity index (χ4n) is 7.34. The molecular formula is C27H31N2OY-. The van der Waals surface area contributed by atoms with E-state index in [4.69, 9.17) is 6.57 Å². The van der Waals surface area contributed by atoms with Gasteiger partial charge in [-0.3, -0.25) is 0 Å². The molecule has 4 heteroatoms. The first-order valence-electron chi connectivity index (χ1n) is 11.5. The molecule has 0 spiro atoms. The van der Waals surface area contributed by atoms with Gasteiger partial charge in [0.15, 0.2) is 5.69 Å². The van der Waals surface area contributed by atoms with E-state index in [1.165, 1.54) is 29.5 Å². The van der Waals surface area contributed by atoms with Gasteiger partial charge >= 0.3 is 0 Å². The van der Waals surface area contributed by atoms with Crippen molar-refractivity contribution in [3.63, 3.8) is 0 Å². The fourth-order valence-corrected chi connectivity index (χ4v) is 7.34. The zero-order valence-electron chi connectivity index (χ0n) is 18.7. The molecule has 5 atom stereocenters. The van der Waals surface area contributed by atoms with Crippen LogP contribution in [0.1, 0.15) is 73.6 Å². The molecule has 2 aromatic rings. The Morgan fingerprint density at radius 2 is 2.06 bits per heavy atom. The Morgan fingerprint density at radius 3 is 2.81 bits per heavy atom. The number of nitrogens with zero attached hydrogens (tertiary/aromatic N) is 2. The second kappa shape index (κ2) is 8.70. The van der Waals surface area contributed by atoms with Crippen LogP contribution in [0.5, 0.6) is 0 Å². The molecule has 1 heterocycles. The van der Waals surface area contributed by atoms with Gasteiger partial charge in [-0.1, -0.05) is 43.4 Å². The Labute approximate surface area is 211 Å². The van der Waals surface area contributed by atoms with E-state index < -0.39 is 5.60 Å². The summed E-state index contributed by atoms with van der Waals surface area (Å²) in [7, 11) is 0. The van der Waals surface area contributed by atoms with E-state index in [9.17, 15) is 5.11 Å². The summed E-state index contributed by atoms with van der Waals surface area (Å²) in [6, 6.07) is 9.53. The Balaban J connectivity index is 0.00000231. The van der Waals surface area contributed by atoms with Crippen LogP contribution in [-0.4, -0.2) is 15.7 Å². The van der Waals surface area contributed by atoms with Crippen molar-refractivity contribution in [2.75, 3.05) is 0 Å². The van der Waals surface area contributed by atoms with Gasteiger partial charge in [-0.25, -0.2) is 16.5 Å². The Hall–Kier alpha value is -1.08. The average Bonchev–Trinajstić information content (AvgIpc) is 2.75. The van der Waals surface area contributed by atoms with Crippen molar-refractivity contribution in [1.29, 1.82) is 0 Å². The minimum absolute atomic E-state index is 0. The molecule has 1 N–H and O–H groups in total. The summed E-state index contributed by atoms with van der Waals surface area (Å²) in [6.45, 7) is 12.0. The number of aliphatic hydroxyl groups is 1. The third-order valence-corrected chi connectivity index (χ3v) is 9.02. The van der Waals surface area contributed by atoms with E-state index in [2.05, 4.69) is 35.8 Å². The molecule has 0 aliphatic heterocycles. The first-order chi connectivity index (χ1) is 14.5. The van der Waals surface area contributed by atoms with Crippen LogP contribution in [-0.2, 0) is 45.6 Å². The van der Waals surface area contributed by atoms with Gasteiger partial charge in [0.2, 0.25) is 0 Å². The van der Waals surface area contributed by atoms with Gasteiger partial charge in [0.05, 0.1) is 12.2 Å². The molecule has 2 saturated carbocycles. The summed E-state index contributed by atoms with van der Waals surface area (Å²) in [6.07, 6.45) is 11.9. The van der Waals surface area contributed by atoms with Crippen LogP contribution in [0.4, 0.5) is 5.69 Å². The SMILES string of the molecule is [C-]#[N+]c1ccc2c(c1C)CCC1C2CC[C@@]2(C)C1CCC[C@]2(O)Cc1[c-]cncc1.[Y]. The quantitative estimate of drug-likeness (QED) is 0.530. The van der Waals surface area contributed by atoms with Gasteiger partial charge in [-0.05, 0) is 86.2 Å². The van der Waals surface area contributed by atoms with Crippen LogP contribution in [0.25, 0.3) is 4.85 Å². The molecule has 1 radical (unpaired) electrons. The topological polar surface area (TPSA) is 37.5 Å². The summed E-state index contributed by atoms with van der Waals surface area (Å²) in [5, 5.41) is 12.0. The molecule has 1 aromatic carbocycles. The van der Waals surface area contributed by atoms with E-state index >= 15 is 0 Å². The van der Waals surface area contributed by atoms with Crippen molar-refractivity contribution in [3.8, 4) is 0 Å². The van der Waals surface area contributed by atoms with Crippen molar-refractivity contribution in [3.05, 3.63) is 70.3 Å². The second-order valence-corrected chi connectivity index (χ2v) is 10.1. The number of hydrogen-bond donors (Lipinski definition) is 1. The number of hydrogen-bond acceptors (Lipinski definition) is 2. The molecule has 159 valence electrons. The van der Waals surface area contributed by atoms with E-state index in [1.54, 1.807) is 6.20 Å². The number of pyridine rings is 1. The molecular weight excluding hydrogens is 457 g/mol. The van der Waals surface area contributed by atoms with Crippen molar-refractivity contribution in [2.24, 2.45) is 17.3 Å². The standard InChI is InChI=1S/C27H31N2O.Y/c1-18-20-6-7-23-22(21(20)8-9-25(18)28-3)10-14-26(2)24(23)5-4-13-27(26,30)17-19-11-15-29-16-12-19;/h8-9,11,15-16,22-24,30H,4-7,10,13-14,17H2,1-2H3;/q-1;/t22?,23?,24?,26-,27-;/m0./s1. The summed E-state index contributed by atoms with van der Waals surface area (Å²) in [4.78, 5) is 7.83. The van der Waals surface area contributed by atoms with Gasteiger partial charge in [0.1, 0.15) is 0 Å². The predicted octanol–water partition coefficient (Wildman–Crippen LogP) is 5.96. The molecule has 31 heavy (non-hydrogen) atoms. The van der Waals surface area contributed by atoms with Crippen LogP contribution in [0.2, 0.25) is 0 Å². The first kappa shape index (κ1) is 23.1.